The molecule has 0 heterocycles. The summed E-state index contributed by atoms with van der Waals surface area (Å²) in [5.74, 6) is -7.96. The number of nitrogens with two attached hydrogens (primary N) is 3. The van der Waals surface area contributed by atoms with E-state index in [-0.39, 0.29) is 12.8 Å². The second-order valence-corrected chi connectivity index (χ2v) is 7.40. The fourth-order valence-electron chi connectivity index (χ4n) is 2.52. The van der Waals surface area contributed by atoms with Crippen molar-refractivity contribution in [2.75, 3.05) is 0 Å². The van der Waals surface area contributed by atoms with Crippen LogP contribution in [0.2, 0.25) is 0 Å². The van der Waals surface area contributed by atoms with Crippen LogP contribution in [-0.4, -0.2) is 87.1 Å². The highest BCUT2D eigenvalue weighted by molar-refractivity contribution is 5.95. The molecule has 5 amide bonds. The number of carbonyl (C=O) groups excluding carboxylic acids is 5. The Morgan fingerprint density at radius 3 is 1.44 bits per heavy atom. The highest BCUT2D eigenvalue weighted by Gasteiger charge is 2.32. The lowest BCUT2D eigenvalue weighted by Crippen LogP contribution is -2.58. The molecule has 0 aliphatic rings. The number of aliphatic hydroxyl groups excluding tert-OH is 1. The summed E-state index contributed by atoms with van der Waals surface area (Å²) in [5.41, 5.74) is 15.6. The molecule has 0 aliphatic carbocycles. The molecule has 5 unspecified atom stereocenters. The molecule has 16 nitrogen and oxygen atoms in total. The number of carbonyl (C=O) groups is 7. The van der Waals surface area contributed by atoms with Crippen LogP contribution in [0.4, 0.5) is 0 Å². The Labute approximate surface area is 193 Å². The molecular weight excluding hydrogens is 460 g/mol. The van der Waals surface area contributed by atoms with Gasteiger partial charge in [0, 0.05) is 12.8 Å². The molecule has 16 heteroatoms. The zero-order chi connectivity index (χ0) is 26.6. The predicted octanol–water partition coefficient (Wildman–Crippen LogP) is -4.76. The van der Waals surface area contributed by atoms with E-state index >= 15 is 0 Å². The molecule has 0 aliphatic heterocycles. The van der Waals surface area contributed by atoms with E-state index in [0.717, 1.165) is 0 Å². The summed E-state index contributed by atoms with van der Waals surface area (Å²) in [5, 5.41) is 33.7. The fraction of sp³-hybridized carbons (Fsp3) is 0.611. The highest BCUT2D eigenvalue weighted by atomic mass is 16.4. The topological polar surface area (TPSA) is 294 Å². The minimum atomic E-state index is -1.84. The van der Waals surface area contributed by atoms with Crippen LogP contribution in [0, 0.1) is 0 Å². The molecule has 0 aromatic carbocycles. The number of hydrogen-bond donors (Lipinski definition) is 9. The number of nitrogens with one attached hydrogen (secondary N) is 3. The summed E-state index contributed by atoms with van der Waals surface area (Å²) in [6, 6.07) is -6.28. The van der Waals surface area contributed by atoms with Gasteiger partial charge in [-0.15, -0.1) is 0 Å². The maximum absolute atomic E-state index is 12.8. The third kappa shape index (κ3) is 11.7. The second-order valence-electron chi connectivity index (χ2n) is 7.40. The SMILES string of the molecule is CC(O)C(N)C(=O)NC(CCC(N)=O)C(=O)NC(CCC(N)=O)C(=O)NC(CC(=O)O)C(=O)O. The summed E-state index contributed by atoms with van der Waals surface area (Å²) in [6.45, 7) is 1.23. The Balaban J connectivity index is 5.66. The molecule has 34 heavy (non-hydrogen) atoms. The molecule has 0 radical (unpaired) electrons. The zero-order valence-electron chi connectivity index (χ0n) is 18.4. The monoisotopic (exact) mass is 490 g/mol. The number of primary amides is 2. The van der Waals surface area contributed by atoms with Crippen molar-refractivity contribution in [3.63, 3.8) is 0 Å². The van der Waals surface area contributed by atoms with Crippen molar-refractivity contribution in [1.29, 1.82) is 0 Å². The van der Waals surface area contributed by atoms with Gasteiger partial charge >= 0.3 is 11.9 Å². The number of carboxylic acids is 2. The van der Waals surface area contributed by atoms with E-state index in [2.05, 4.69) is 10.6 Å². The van der Waals surface area contributed by atoms with Crippen LogP contribution in [0.25, 0.3) is 0 Å². The first-order valence-electron chi connectivity index (χ1n) is 10.0. The minimum Gasteiger partial charge on any atom is -0.481 e. The fourth-order valence-corrected chi connectivity index (χ4v) is 2.52. The summed E-state index contributed by atoms with van der Waals surface area (Å²) in [6.07, 6.45) is -3.74. The Morgan fingerprint density at radius 1 is 0.735 bits per heavy atom. The van der Waals surface area contributed by atoms with Crippen molar-refractivity contribution in [3.05, 3.63) is 0 Å². The van der Waals surface area contributed by atoms with Gasteiger partial charge in [-0.3, -0.25) is 28.8 Å². The molecule has 0 aromatic heterocycles. The lowest BCUT2D eigenvalue weighted by atomic mass is 10.1. The van der Waals surface area contributed by atoms with Crippen molar-refractivity contribution in [3.8, 4) is 0 Å². The van der Waals surface area contributed by atoms with Gasteiger partial charge < -0.3 is 48.5 Å². The Morgan fingerprint density at radius 2 is 1.12 bits per heavy atom. The molecule has 0 saturated heterocycles. The Kier molecular flexibility index (Phi) is 12.8. The van der Waals surface area contributed by atoms with Crippen LogP contribution < -0.4 is 33.2 Å². The lowest BCUT2D eigenvalue weighted by molar-refractivity contribution is -0.147. The van der Waals surface area contributed by atoms with Gasteiger partial charge in [-0.25, -0.2) is 4.79 Å². The third-order valence-electron chi connectivity index (χ3n) is 4.44. The first-order chi connectivity index (χ1) is 15.6. The van der Waals surface area contributed by atoms with E-state index in [9.17, 15) is 38.7 Å². The van der Waals surface area contributed by atoms with Crippen molar-refractivity contribution in [2.45, 2.75) is 69.3 Å². The summed E-state index contributed by atoms with van der Waals surface area (Å²) in [7, 11) is 0. The van der Waals surface area contributed by atoms with E-state index < -0.39 is 91.0 Å². The van der Waals surface area contributed by atoms with Crippen LogP contribution in [0.3, 0.4) is 0 Å². The molecule has 5 atom stereocenters. The Hall–Kier alpha value is -3.79. The van der Waals surface area contributed by atoms with Crippen molar-refractivity contribution >= 4 is 41.5 Å². The van der Waals surface area contributed by atoms with E-state index in [4.69, 9.17) is 27.4 Å². The minimum absolute atomic E-state index is 0.319. The summed E-state index contributed by atoms with van der Waals surface area (Å²) >= 11 is 0. The zero-order valence-corrected chi connectivity index (χ0v) is 18.4. The average molecular weight is 490 g/mol. The summed E-state index contributed by atoms with van der Waals surface area (Å²) < 4.78 is 0. The van der Waals surface area contributed by atoms with Crippen molar-refractivity contribution in [1.82, 2.24) is 16.0 Å². The van der Waals surface area contributed by atoms with Crippen LogP contribution in [0.1, 0.15) is 39.0 Å². The number of hydrogen-bond acceptors (Lipinski definition) is 9. The van der Waals surface area contributed by atoms with Gasteiger partial charge in [-0.1, -0.05) is 0 Å². The van der Waals surface area contributed by atoms with Crippen LogP contribution >= 0.6 is 0 Å². The average Bonchev–Trinajstić information content (AvgIpc) is 2.71. The first-order valence-corrected chi connectivity index (χ1v) is 10.0. The number of carboxylic acid groups (broad SMARTS) is 2. The molecule has 0 saturated carbocycles. The van der Waals surface area contributed by atoms with Gasteiger partial charge in [0.05, 0.1) is 12.5 Å². The molecule has 192 valence electrons. The van der Waals surface area contributed by atoms with Crippen LogP contribution in [0.15, 0.2) is 0 Å². The maximum Gasteiger partial charge on any atom is 0.326 e. The van der Waals surface area contributed by atoms with Crippen molar-refractivity contribution in [2.24, 2.45) is 17.2 Å². The van der Waals surface area contributed by atoms with Gasteiger partial charge in [-0.2, -0.15) is 0 Å². The van der Waals surface area contributed by atoms with Crippen LogP contribution in [0.5, 0.6) is 0 Å². The number of amides is 5. The molecule has 0 bridgehead atoms. The second kappa shape index (κ2) is 14.4. The molecule has 0 fully saturated rings. The standard InChI is InChI=1S/C18H30N6O10/c1-7(25)14(21)17(32)23-9(3-5-12(20)27)15(30)22-8(2-4-11(19)26)16(31)24-10(18(33)34)6-13(28)29/h7-10,14,25H,2-6,21H2,1H3,(H2,19,26)(H2,20,27)(H,22,30)(H,23,32)(H,24,31)(H,28,29)(H,33,34). The lowest BCUT2D eigenvalue weighted by Gasteiger charge is -2.25. The van der Waals surface area contributed by atoms with E-state index in [1.807, 2.05) is 5.32 Å². The predicted molar refractivity (Wildman–Crippen MR) is 112 cm³/mol. The van der Waals surface area contributed by atoms with E-state index in [0.29, 0.717) is 0 Å². The van der Waals surface area contributed by atoms with Gasteiger partial charge in [0.25, 0.3) is 0 Å². The van der Waals surface area contributed by atoms with Gasteiger partial charge in [0.15, 0.2) is 0 Å². The largest absolute Gasteiger partial charge is 0.481 e. The van der Waals surface area contributed by atoms with Gasteiger partial charge in [-0.05, 0) is 19.8 Å². The van der Waals surface area contributed by atoms with E-state index in [1.54, 1.807) is 0 Å². The highest BCUT2D eigenvalue weighted by Crippen LogP contribution is 2.05. The number of aliphatic hydroxyl groups is 1. The van der Waals surface area contributed by atoms with Crippen molar-refractivity contribution < 1.29 is 48.9 Å². The maximum atomic E-state index is 12.8. The summed E-state index contributed by atoms with van der Waals surface area (Å²) in [4.78, 5) is 81.8. The first kappa shape index (κ1) is 30.2. The quantitative estimate of drug-likeness (QED) is 0.0988. The Bertz CT molecular complexity index is 802. The third-order valence-corrected chi connectivity index (χ3v) is 4.44. The number of aliphatic carboxylic acids is 2. The van der Waals surface area contributed by atoms with Crippen LogP contribution in [-0.2, 0) is 33.6 Å². The molecule has 0 rings (SSSR count). The normalized spacial score (nSPS) is 15.0. The number of rotatable bonds is 16. The van der Waals surface area contributed by atoms with Gasteiger partial charge in [0.2, 0.25) is 29.5 Å². The smallest absolute Gasteiger partial charge is 0.326 e. The molecular formula is C18H30N6O10. The molecule has 0 aromatic rings. The van der Waals surface area contributed by atoms with Gasteiger partial charge in [0.1, 0.15) is 24.2 Å². The molecule has 0 spiro atoms. The molecule has 12 N–H and O–H groups in total. The van der Waals surface area contributed by atoms with E-state index in [1.165, 1.54) is 6.92 Å².